The first-order chi connectivity index (χ1) is 12.8. The molecule has 0 unspecified atom stereocenters. The fourth-order valence-corrected chi connectivity index (χ4v) is 3.26. The first-order valence-corrected chi connectivity index (χ1v) is 8.82. The minimum Gasteiger partial charge on any atom is -1.00 e. The van der Waals surface area contributed by atoms with Crippen LogP contribution in [-0.2, 0) is 13.0 Å². The molecule has 134 valence electrons. The third-order valence-corrected chi connectivity index (χ3v) is 4.63. The molecule has 0 bridgehead atoms. The molecule has 0 spiro atoms. The van der Waals surface area contributed by atoms with Gasteiger partial charge in [-0.1, -0.05) is 72.8 Å². The molecule has 0 amide bonds. The normalized spacial score (nSPS) is 10.4. The molecular weight excluding hydrogens is 354 g/mol. The fourth-order valence-electron chi connectivity index (χ4n) is 3.26. The lowest BCUT2D eigenvalue weighted by Gasteiger charge is -2.04. The summed E-state index contributed by atoms with van der Waals surface area (Å²) in [4.78, 5) is 12.8. The van der Waals surface area contributed by atoms with E-state index < -0.39 is 0 Å². The van der Waals surface area contributed by atoms with Gasteiger partial charge in [-0.2, -0.15) is 4.57 Å². The molecule has 2 nitrogen and oxygen atoms in total. The Morgan fingerprint density at radius 3 is 2.11 bits per heavy atom. The van der Waals surface area contributed by atoms with Crippen LogP contribution in [0.25, 0.3) is 10.8 Å². The molecule has 0 N–H and O–H groups in total. The molecule has 0 aliphatic rings. The van der Waals surface area contributed by atoms with Crippen molar-refractivity contribution in [2.45, 2.75) is 13.0 Å². The van der Waals surface area contributed by atoms with Crippen LogP contribution < -0.4 is 17.0 Å². The van der Waals surface area contributed by atoms with Crippen molar-refractivity contribution in [1.29, 1.82) is 0 Å². The molecule has 0 saturated heterocycles. The van der Waals surface area contributed by atoms with Crippen molar-refractivity contribution < 1.29 is 21.8 Å². The van der Waals surface area contributed by atoms with E-state index in [2.05, 4.69) is 36.4 Å². The van der Waals surface area contributed by atoms with E-state index >= 15 is 0 Å². The average Bonchev–Trinajstić information content (AvgIpc) is 2.70. The van der Waals surface area contributed by atoms with Gasteiger partial charge in [-0.05, 0) is 28.3 Å². The second-order valence-electron chi connectivity index (χ2n) is 6.49. The molecule has 0 radical (unpaired) electrons. The molecule has 1 aromatic heterocycles. The van der Waals surface area contributed by atoms with Gasteiger partial charge in [-0.25, -0.2) is 0 Å². The lowest BCUT2D eigenvalue weighted by molar-refractivity contribution is -0.683. The van der Waals surface area contributed by atoms with Crippen LogP contribution in [0.2, 0.25) is 0 Å². The summed E-state index contributed by atoms with van der Waals surface area (Å²) in [5, 5.41) is 2.11. The van der Waals surface area contributed by atoms with Crippen molar-refractivity contribution in [3.63, 3.8) is 0 Å². The molecule has 0 fully saturated rings. The minimum absolute atomic E-state index is 0. The number of fused-ring (bicyclic) bond motifs is 1. The van der Waals surface area contributed by atoms with Crippen molar-refractivity contribution >= 4 is 16.6 Å². The van der Waals surface area contributed by atoms with Gasteiger partial charge < -0.3 is 12.4 Å². The zero-order chi connectivity index (χ0) is 17.8. The summed E-state index contributed by atoms with van der Waals surface area (Å²) in [6.07, 6.45) is 4.88. The topological polar surface area (TPSA) is 20.9 Å². The van der Waals surface area contributed by atoms with Gasteiger partial charge in [0, 0.05) is 17.7 Å². The Bertz CT molecular complexity index is 1040. The zero-order valence-electron chi connectivity index (χ0n) is 14.9. The van der Waals surface area contributed by atoms with Crippen LogP contribution in [0, 0.1) is 0 Å². The van der Waals surface area contributed by atoms with Crippen molar-refractivity contribution in [2.75, 3.05) is 0 Å². The highest BCUT2D eigenvalue weighted by molar-refractivity contribution is 6.07. The smallest absolute Gasteiger partial charge is 0.228 e. The predicted molar refractivity (Wildman–Crippen MR) is 104 cm³/mol. The van der Waals surface area contributed by atoms with Gasteiger partial charge in [0.15, 0.2) is 12.4 Å². The summed E-state index contributed by atoms with van der Waals surface area (Å²) >= 11 is 0. The van der Waals surface area contributed by atoms with E-state index in [4.69, 9.17) is 0 Å². The number of nitrogens with zero attached hydrogens (tertiary/aromatic N) is 1. The quantitative estimate of drug-likeness (QED) is 0.384. The van der Waals surface area contributed by atoms with Gasteiger partial charge in [0.1, 0.15) is 0 Å². The molecule has 0 aliphatic carbocycles. The molecule has 0 atom stereocenters. The van der Waals surface area contributed by atoms with Crippen LogP contribution in [0.1, 0.15) is 21.5 Å². The molecule has 3 aromatic carbocycles. The summed E-state index contributed by atoms with van der Waals surface area (Å²) < 4.78 is 1.94. The molecule has 4 rings (SSSR count). The summed E-state index contributed by atoms with van der Waals surface area (Å²) in [5.74, 6) is 0.127. The Hall–Kier alpha value is -2.97. The highest BCUT2D eigenvalue weighted by atomic mass is 35.5. The van der Waals surface area contributed by atoms with Crippen LogP contribution >= 0.6 is 0 Å². The lowest BCUT2D eigenvalue weighted by atomic mass is 10.0. The SMILES string of the molecule is O=C(C[n+]1ccc(Cc2ccccc2)cc1)c1cccc2ccccc12.[Cl-]. The van der Waals surface area contributed by atoms with E-state index in [9.17, 15) is 4.79 Å². The van der Waals surface area contributed by atoms with Gasteiger partial charge in [-0.3, -0.25) is 4.79 Å². The van der Waals surface area contributed by atoms with Gasteiger partial charge in [0.05, 0.1) is 0 Å². The van der Waals surface area contributed by atoms with Gasteiger partial charge in [-0.15, -0.1) is 0 Å². The van der Waals surface area contributed by atoms with E-state index in [1.807, 2.05) is 65.5 Å². The zero-order valence-corrected chi connectivity index (χ0v) is 15.6. The molecule has 27 heavy (non-hydrogen) atoms. The minimum atomic E-state index is 0. The van der Waals surface area contributed by atoms with Crippen LogP contribution in [0.4, 0.5) is 0 Å². The Morgan fingerprint density at radius 1 is 0.704 bits per heavy atom. The third kappa shape index (κ3) is 4.42. The third-order valence-electron chi connectivity index (χ3n) is 4.63. The number of Topliss-reactive ketones (excluding diaryl/α,β-unsaturated/α-hetero) is 1. The van der Waals surface area contributed by atoms with Gasteiger partial charge >= 0.3 is 0 Å². The van der Waals surface area contributed by atoms with Crippen molar-refractivity contribution in [1.82, 2.24) is 0 Å². The number of carbonyl (C=O) groups excluding carboxylic acids is 1. The number of carbonyl (C=O) groups is 1. The molecule has 4 aromatic rings. The highest BCUT2D eigenvalue weighted by Gasteiger charge is 2.14. The first kappa shape index (κ1) is 18.8. The van der Waals surface area contributed by atoms with Crippen molar-refractivity contribution in [2.24, 2.45) is 0 Å². The second kappa shape index (κ2) is 8.61. The molecule has 0 saturated carbocycles. The number of hydrogen-bond donors (Lipinski definition) is 0. The van der Waals surface area contributed by atoms with E-state index in [-0.39, 0.29) is 18.2 Å². The fraction of sp³-hybridized carbons (Fsp3) is 0.0833. The number of halogens is 1. The molecular formula is C24H20ClNO. The number of ketones is 1. The maximum atomic E-state index is 12.8. The van der Waals surface area contributed by atoms with Gasteiger partial charge in [0.25, 0.3) is 0 Å². The Labute approximate surface area is 165 Å². The largest absolute Gasteiger partial charge is 1.00 e. The monoisotopic (exact) mass is 373 g/mol. The van der Waals surface area contributed by atoms with E-state index in [1.54, 1.807) is 0 Å². The number of benzene rings is 3. The van der Waals surface area contributed by atoms with Gasteiger partial charge in [0.2, 0.25) is 12.3 Å². The average molecular weight is 374 g/mol. The van der Waals surface area contributed by atoms with Crippen LogP contribution in [0.3, 0.4) is 0 Å². The summed E-state index contributed by atoms with van der Waals surface area (Å²) in [5.41, 5.74) is 3.31. The summed E-state index contributed by atoms with van der Waals surface area (Å²) in [6.45, 7) is 0.347. The number of hydrogen-bond acceptors (Lipinski definition) is 1. The Kier molecular flexibility index (Phi) is 6.00. The number of pyridine rings is 1. The van der Waals surface area contributed by atoms with Crippen molar-refractivity contribution in [3.8, 4) is 0 Å². The Balaban J connectivity index is 0.00000210. The number of aromatic nitrogens is 1. The molecule has 1 heterocycles. The Morgan fingerprint density at radius 2 is 1.33 bits per heavy atom. The van der Waals surface area contributed by atoms with E-state index in [0.29, 0.717) is 6.54 Å². The van der Waals surface area contributed by atoms with Crippen LogP contribution in [0.5, 0.6) is 0 Å². The van der Waals surface area contributed by atoms with Crippen molar-refractivity contribution in [3.05, 3.63) is 114 Å². The van der Waals surface area contributed by atoms with E-state index in [1.165, 1.54) is 11.1 Å². The second-order valence-corrected chi connectivity index (χ2v) is 6.49. The lowest BCUT2D eigenvalue weighted by Crippen LogP contribution is -3.00. The number of rotatable bonds is 5. The summed E-state index contributed by atoms with van der Waals surface area (Å²) in [6, 6.07) is 28.5. The molecule has 0 aliphatic heterocycles. The standard InChI is InChI=1S/C24H20NO.ClH/c26-24(23-12-6-10-21-9-4-5-11-22(21)23)18-25-15-13-20(14-16-25)17-19-7-2-1-3-8-19;/h1-16H,17-18H2;1H/q+1;/p-1. The predicted octanol–water partition coefficient (Wildman–Crippen LogP) is 1.60. The summed E-state index contributed by atoms with van der Waals surface area (Å²) in [7, 11) is 0. The van der Waals surface area contributed by atoms with E-state index in [0.717, 1.165) is 22.8 Å². The maximum absolute atomic E-state index is 12.8. The highest BCUT2D eigenvalue weighted by Crippen LogP contribution is 2.19. The van der Waals surface area contributed by atoms with Crippen LogP contribution in [0.15, 0.2) is 97.3 Å². The maximum Gasteiger partial charge on any atom is 0.228 e. The first-order valence-electron chi connectivity index (χ1n) is 8.82. The molecule has 3 heteroatoms. The van der Waals surface area contributed by atoms with Crippen LogP contribution in [-0.4, -0.2) is 5.78 Å².